The number of carbonyl (C=O) groups is 3. The summed E-state index contributed by atoms with van der Waals surface area (Å²) >= 11 is 0. The summed E-state index contributed by atoms with van der Waals surface area (Å²) in [5, 5.41) is 2.91. The number of aryl methyl sites for hydroxylation is 2. The predicted molar refractivity (Wildman–Crippen MR) is 144 cm³/mol. The Balaban J connectivity index is 1.61. The molecule has 0 fully saturated rings. The average Bonchev–Trinajstić information content (AvgIpc) is 2.88. The minimum Gasteiger partial charge on any atom is -0.463 e. The van der Waals surface area contributed by atoms with Crippen molar-refractivity contribution in [3.05, 3.63) is 112 Å². The fourth-order valence-electron chi connectivity index (χ4n) is 4.59. The highest BCUT2D eigenvalue weighted by molar-refractivity contribution is 6.04. The van der Waals surface area contributed by atoms with Gasteiger partial charge in [-0.2, -0.15) is 0 Å². The van der Waals surface area contributed by atoms with E-state index in [1.807, 2.05) is 68.4 Å². The summed E-state index contributed by atoms with van der Waals surface area (Å²) in [6, 6.07) is 22.7. The molecule has 3 aromatic carbocycles. The van der Waals surface area contributed by atoms with Crippen molar-refractivity contribution < 1.29 is 19.1 Å². The first-order valence-corrected chi connectivity index (χ1v) is 12.5. The van der Waals surface area contributed by atoms with Gasteiger partial charge in [0.05, 0.1) is 18.7 Å². The van der Waals surface area contributed by atoms with Gasteiger partial charge in [-0.3, -0.25) is 9.59 Å². The molecule has 0 saturated heterocycles. The normalized spacial score (nSPS) is 15.5. The van der Waals surface area contributed by atoms with Gasteiger partial charge in [0.15, 0.2) is 0 Å². The average molecular weight is 497 g/mol. The molecule has 1 unspecified atom stereocenters. The Morgan fingerprint density at radius 1 is 0.946 bits per heavy atom. The van der Waals surface area contributed by atoms with Crippen molar-refractivity contribution in [1.82, 2.24) is 4.90 Å². The number of hydrogen-bond donors (Lipinski definition) is 1. The molecule has 0 spiro atoms. The van der Waals surface area contributed by atoms with Gasteiger partial charge in [-0.15, -0.1) is 0 Å². The van der Waals surface area contributed by atoms with Gasteiger partial charge in [-0.05, 0) is 63.1 Å². The number of hydrogen-bond acceptors (Lipinski definition) is 4. The molecule has 1 aliphatic rings. The fourth-order valence-corrected chi connectivity index (χ4v) is 4.59. The Labute approximate surface area is 218 Å². The Kier molecular flexibility index (Phi) is 7.87. The summed E-state index contributed by atoms with van der Waals surface area (Å²) < 4.78 is 5.39. The van der Waals surface area contributed by atoms with E-state index in [1.54, 1.807) is 36.9 Å². The number of anilines is 1. The second-order valence-electron chi connectivity index (χ2n) is 9.39. The summed E-state index contributed by atoms with van der Waals surface area (Å²) in [5.74, 6) is -1.08. The molecule has 2 amide bonds. The van der Waals surface area contributed by atoms with Crippen molar-refractivity contribution in [3.8, 4) is 0 Å². The largest absolute Gasteiger partial charge is 0.463 e. The molecule has 190 valence electrons. The molecule has 1 N–H and O–H groups in total. The Hall–Kier alpha value is -4.19. The number of carbonyl (C=O) groups excluding carboxylic acids is 3. The zero-order valence-corrected chi connectivity index (χ0v) is 21.7. The highest BCUT2D eigenvalue weighted by atomic mass is 16.5. The lowest BCUT2D eigenvalue weighted by atomic mass is 9.83. The minimum atomic E-state index is -0.408. The molecule has 0 bridgehead atoms. The smallest absolute Gasteiger partial charge is 0.336 e. The van der Waals surface area contributed by atoms with Crippen molar-refractivity contribution in [3.63, 3.8) is 0 Å². The molecule has 0 aromatic heterocycles. The quantitative estimate of drug-likeness (QED) is 0.413. The molecule has 1 atom stereocenters. The summed E-state index contributed by atoms with van der Waals surface area (Å²) in [5.41, 5.74) is 6.21. The van der Waals surface area contributed by atoms with Gasteiger partial charge in [0.2, 0.25) is 5.91 Å². The van der Waals surface area contributed by atoms with Crippen LogP contribution in [0, 0.1) is 13.8 Å². The molecule has 0 saturated carbocycles. The zero-order valence-electron chi connectivity index (χ0n) is 21.7. The van der Waals surface area contributed by atoms with E-state index >= 15 is 0 Å². The lowest BCUT2D eigenvalue weighted by Crippen LogP contribution is -2.38. The van der Waals surface area contributed by atoms with Crippen molar-refractivity contribution in [2.45, 2.75) is 46.6 Å². The lowest BCUT2D eigenvalue weighted by Gasteiger charge is -2.34. The van der Waals surface area contributed by atoms with Gasteiger partial charge in [-0.1, -0.05) is 59.7 Å². The predicted octanol–water partition coefficient (Wildman–Crippen LogP) is 5.91. The van der Waals surface area contributed by atoms with Crippen LogP contribution in [0.5, 0.6) is 0 Å². The first-order valence-electron chi connectivity index (χ1n) is 12.5. The summed E-state index contributed by atoms with van der Waals surface area (Å²) in [4.78, 5) is 40.8. The van der Waals surface area contributed by atoms with Crippen LogP contribution in [-0.2, 0) is 20.9 Å². The third-order valence-electron chi connectivity index (χ3n) is 6.64. The highest BCUT2D eigenvalue weighted by Gasteiger charge is 2.36. The van der Waals surface area contributed by atoms with Crippen LogP contribution >= 0.6 is 0 Å². The molecule has 1 aliphatic heterocycles. The minimum absolute atomic E-state index is 0.0781. The molecule has 1 heterocycles. The van der Waals surface area contributed by atoms with Crippen LogP contribution in [0.2, 0.25) is 0 Å². The van der Waals surface area contributed by atoms with Crippen molar-refractivity contribution >= 4 is 23.5 Å². The molecule has 4 rings (SSSR count). The highest BCUT2D eigenvalue weighted by Crippen LogP contribution is 2.37. The number of nitrogens with zero attached hydrogens (tertiary/aromatic N) is 1. The van der Waals surface area contributed by atoms with Crippen molar-refractivity contribution in [2.75, 3.05) is 11.9 Å². The van der Waals surface area contributed by atoms with E-state index in [9.17, 15) is 14.4 Å². The molecule has 0 radical (unpaired) electrons. The van der Waals surface area contributed by atoms with Crippen LogP contribution in [0.25, 0.3) is 0 Å². The van der Waals surface area contributed by atoms with E-state index in [0.717, 1.165) is 22.3 Å². The SMILES string of the molecule is CCOC(=O)C1=C(C)N(Cc2cccc(C(=O)Nc3ccc(C)cc3)c2)C(=O)CC1c1ccc(C)cc1. The van der Waals surface area contributed by atoms with Gasteiger partial charge in [0.1, 0.15) is 0 Å². The zero-order chi connectivity index (χ0) is 26.5. The molecular formula is C31H32N2O4. The van der Waals surface area contributed by atoms with Crippen molar-refractivity contribution in [2.24, 2.45) is 0 Å². The van der Waals surface area contributed by atoms with Gasteiger partial charge < -0.3 is 15.0 Å². The van der Waals surface area contributed by atoms with Crippen LogP contribution in [0.15, 0.2) is 84.1 Å². The summed E-state index contributed by atoms with van der Waals surface area (Å²) in [6.07, 6.45) is 0.169. The van der Waals surface area contributed by atoms with Crippen LogP contribution in [0.1, 0.15) is 58.8 Å². The number of ether oxygens (including phenoxy) is 1. The molecule has 3 aromatic rings. The molecule has 6 heteroatoms. The monoisotopic (exact) mass is 496 g/mol. The van der Waals surface area contributed by atoms with E-state index < -0.39 is 5.97 Å². The number of esters is 1. The van der Waals surface area contributed by atoms with E-state index in [1.165, 1.54) is 0 Å². The first kappa shape index (κ1) is 25.9. The first-order chi connectivity index (χ1) is 17.8. The fraction of sp³-hybridized carbons (Fsp3) is 0.258. The summed E-state index contributed by atoms with van der Waals surface area (Å²) in [6.45, 7) is 8.05. The maximum atomic E-state index is 13.3. The van der Waals surface area contributed by atoms with E-state index in [-0.39, 0.29) is 37.3 Å². The molecule has 0 aliphatic carbocycles. The summed E-state index contributed by atoms with van der Waals surface area (Å²) in [7, 11) is 0. The van der Waals surface area contributed by atoms with Crippen LogP contribution in [0.3, 0.4) is 0 Å². The van der Waals surface area contributed by atoms with Crippen LogP contribution in [-0.4, -0.2) is 29.3 Å². The maximum Gasteiger partial charge on any atom is 0.336 e. The maximum absolute atomic E-state index is 13.3. The van der Waals surface area contributed by atoms with Crippen molar-refractivity contribution in [1.29, 1.82) is 0 Å². The van der Waals surface area contributed by atoms with Crippen LogP contribution < -0.4 is 5.32 Å². The van der Waals surface area contributed by atoms with Gasteiger partial charge in [0, 0.05) is 29.3 Å². The van der Waals surface area contributed by atoms with Gasteiger partial charge in [-0.25, -0.2) is 4.79 Å². The Morgan fingerprint density at radius 2 is 1.59 bits per heavy atom. The second kappa shape index (κ2) is 11.2. The number of allylic oxidation sites excluding steroid dienone is 1. The Bertz CT molecular complexity index is 1340. The third-order valence-corrected chi connectivity index (χ3v) is 6.64. The standard InChI is InChI=1S/C31H32N2O4/c1-5-37-31(36)29-22(4)33(28(34)18-27(29)24-13-9-20(2)10-14-24)19-23-7-6-8-25(17-23)30(35)32-26-15-11-21(3)12-16-26/h6-17,27H,5,18-19H2,1-4H3,(H,32,35). The molecule has 37 heavy (non-hydrogen) atoms. The third kappa shape index (κ3) is 5.97. The number of rotatable bonds is 7. The molecular weight excluding hydrogens is 464 g/mol. The van der Waals surface area contributed by atoms with Crippen LogP contribution in [0.4, 0.5) is 5.69 Å². The number of benzene rings is 3. The second-order valence-corrected chi connectivity index (χ2v) is 9.39. The topological polar surface area (TPSA) is 75.7 Å². The number of amides is 2. The van der Waals surface area contributed by atoms with E-state index in [4.69, 9.17) is 4.74 Å². The van der Waals surface area contributed by atoms with Gasteiger partial charge >= 0.3 is 5.97 Å². The molecule has 6 nitrogen and oxygen atoms in total. The van der Waals surface area contributed by atoms with E-state index in [0.29, 0.717) is 22.5 Å². The van der Waals surface area contributed by atoms with E-state index in [2.05, 4.69) is 5.32 Å². The lowest BCUT2D eigenvalue weighted by molar-refractivity contribution is -0.140. The number of nitrogens with one attached hydrogen (secondary N) is 1. The Morgan fingerprint density at radius 3 is 2.24 bits per heavy atom. The van der Waals surface area contributed by atoms with Gasteiger partial charge in [0.25, 0.3) is 5.91 Å².